The van der Waals surface area contributed by atoms with Gasteiger partial charge in [0, 0.05) is 19.2 Å². The van der Waals surface area contributed by atoms with Crippen molar-refractivity contribution in [2.75, 3.05) is 18.0 Å². The first-order valence-corrected chi connectivity index (χ1v) is 10.6. The maximum absolute atomic E-state index is 14.5. The molecule has 0 spiro atoms. The molecule has 29 heavy (non-hydrogen) atoms. The number of nitrogens with zero attached hydrogens (tertiary/aromatic N) is 3. The fraction of sp³-hybridized carbons (Fsp3) is 0.250. The van der Waals surface area contributed by atoms with Crippen molar-refractivity contribution in [3.63, 3.8) is 0 Å². The van der Waals surface area contributed by atoms with Crippen LogP contribution in [0, 0.1) is 18.6 Å². The summed E-state index contributed by atoms with van der Waals surface area (Å²) in [7, 11) is 0. The Labute approximate surface area is 177 Å². The van der Waals surface area contributed by atoms with Gasteiger partial charge in [0.2, 0.25) is 0 Å². The van der Waals surface area contributed by atoms with E-state index in [4.69, 9.17) is 5.11 Å². The predicted molar refractivity (Wildman–Crippen MR) is 112 cm³/mol. The fourth-order valence-electron chi connectivity index (χ4n) is 3.37. The third-order valence-electron chi connectivity index (χ3n) is 4.86. The highest BCUT2D eigenvalue weighted by Crippen LogP contribution is 2.36. The van der Waals surface area contributed by atoms with Crippen LogP contribution in [0.2, 0.25) is 0 Å². The Hall–Kier alpha value is -2.39. The Balaban J connectivity index is 1.79. The summed E-state index contributed by atoms with van der Waals surface area (Å²) in [5.74, 6) is -1.34. The number of fused-ring (bicyclic) bond motifs is 1. The van der Waals surface area contributed by atoms with Gasteiger partial charge < -0.3 is 10.0 Å². The SMILES string of the molecule is Cc1csc2c(N3CCC(=CC(=O)O)CC3)nc(-c3cc(F)c(Br)cc3F)nc12. The van der Waals surface area contributed by atoms with E-state index in [9.17, 15) is 13.6 Å². The lowest BCUT2D eigenvalue weighted by Crippen LogP contribution is -2.31. The summed E-state index contributed by atoms with van der Waals surface area (Å²) in [6.07, 6.45) is 2.48. The Bertz CT molecular complexity index is 1150. The Morgan fingerprint density at radius 1 is 1.24 bits per heavy atom. The molecule has 5 nitrogen and oxygen atoms in total. The van der Waals surface area contributed by atoms with Crippen molar-refractivity contribution in [1.29, 1.82) is 0 Å². The van der Waals surface area contributed by atoms with E-state index in [1.807, 2.05) is 12.3 Å². The number of hydrogen-bond donors (Lipinski definition) is 1. The summed E-state index contributed by atoms with van der Waals surface area (Å²) in [6.45, 7) is 3.11. The lowest BCUT2D eigenvalue weighted by molar-refractivity contribution is -0.131. The van der Waals surface area contributed by atoms with E-state index >= 15 is 0 Å². The highest BCUT2D eigenvalue weighted by Gasteiger charge is 2.23. The number of carboxylic acid groups (broad SMARTS) is 1. The minimum Gasteiger partial charge on any atom is -0.478 e. The molecule has 3 heterocycles. The van der Waals surface area contributed by atoms with Crippen LogP contribution in [0.1, 0.15) is 18.4 Å². The van der Waals surface area contributed by atoms with Gasteiger partial charge in [-0.3, -0.25) is 0 Å². The minimum absolute atomic E-state index is 0.00271. The van der Waals surface area contributed by atoms with Gasteiger partial charge in [-0.1, -0.05) is 5.57 Å². The van der Waals surface area contributed by atoms with E-state index in [1.165, 1.54) is 17.4 Å². The summed E-state index contributed by atoms with van der Waals surface area (Å²) < 4.78 is 29.5. The number of halogens is 3. The van der Waals surface area contributed by atoms with Gasteiger partial charge in [0.15, 0.2) is 11.6 Å². The molecule has 1 aromatic carbocycles. The van der Waals surface area contributed by atoms with E-state index in [0.29, 0.717) is 37.3 Å². The monoisotopic (exact) mass is 479 g/mol. The van der Waals surface area contributed by atoms with Crippen LogP contribution in [0.25, 0.3) is 21.6 Å². The molecule has 4 rings (SSSR count). The number of carboxylic acids is 1. The minimum atomic E-state index is -0.943. The molecule has 1 fully saturated rings. The molecule has 0 radical (unpaired) electrons. The fourth-order valence-corrected chi connectivity index (χ4v) is 4.69. The van der Waals surface area contributed by atoms with Gasteiger partial charge in [-0.05, 0) is 58.8 Å². The van der Waals surface area contributed by atoms with Gasteiger partial charge in [0.1, 0.15) is 11.6 Å². The second-order valence-corrected chi connectivity index (χ2v) is 8.58. The van der Waals surface area contributed by atoms with E-state index in [0.717, 1.165) is 28.0 Å². The van der Waals surface area contributed by atoms with Gasteiger partial charge in [-0.2, -0.15) is 0 Å². The molecule has 1 aliphatic heterocycles. The van der Waals surface area contributed by atoms with Gasteiger partial charge in [0.25, 0.3) is 0 Å². The van der Waals surface area contributed by atoms with Crippen LogP contribution in [0.15, 0.2) is 33.6 Å². The zero-order valence-corrected chi connectivity index (χ0v) is 17.8. The number of benzene rings is 1. The van der Waals surface area contributed by atoms with Crippen LogP contribution in [0.5, 0.6) is 0 Å². The van der Waals surface area contributed by atoms with Crippen molar-refractivity contribution in [2.24, 2.45) is 0 Å². The van der Waals surface area contributed by atoms with Gasteiger partial charge in [-0.25, -0.2) is 23.5 Å². The third kappa shape index (κ3) is 3.89. The van der Waals surface area contributed by atoms with Gasteiger partial charge >= 0.3 is 5.97 Å². The lowest BCUT2D eigenvalue weighted by Gasteiger charge is -2.29. The number of hydrogen-bond acceptors (Lipinski definition) is 5. The summed E-state index contributed by atoms with van der Waals surface area (Å²) in [5, 5.41) is 10.9. The number of carbonyl (C=O) groups is 1. The first-order chi connectivity index (χ1) is 13.8. The largest absolute Gasteiger partial charge is 0.478 e. The highest BCUT2D eigenvalue weighted by atomic mass is 79.9. The van der Waals surface area contributed by atoms with Crippen molar-refractivity contribution in [1.82, 2.24) is 9.97 Å². The van der Waals surface area contributed by atoms with Crippen LogP contribution < -0.4 is 4.90 Å². The number of anilines is 1. The molecule has 1 aliphatic rings. The number of aryl methyl sites for hydroxylation is 1. The maximum Gasteiger partial charge on any atom is 0.328 e. The summed E-state index contributed by atoms with van der Waals surface area (Å²) in [5.41, 5.74) is 2.53. The van der Waals surface area contributed by atoms with Crippen LogP contribution >= 0.6 is 27.3 Å². The van der Waals surface area contributed by atoms with Crippen molar-refractivity contribution in [3.8, 4) is 11.4 Å². The van der Waals surface area contributed by atoms with E-state index in [1.54, 1.807) is 0 Å². The molecule has 0 amide bonds. The molecular formula is C20H16BrF2N3O2S. The molecule has 3 aromatic rings. The quantitative estimate of drug-likeness (QED) is 0.406. The first kappa shape index (κ1) is 19.9. The normalized spacial score (nSPS) is 14.5. The van der Waals surface area contributed by atoms with Crippen molar-refractivity contribution in [3.05, 3.63) is 50.8 Å². The van der Waals surface area contributed by atoms with Crippen LogP contribution in [0.4, 0.5) is 14.6 Å². The summed E-state index contributed by atoms with van der Waals surface area (Å²) >= 11 is 4.50. The maximum atomic E-state index is 14.5. The molecule has 1 N–H and O–H groups in total. The summed E-state index contributed by atoms with van der Waals surface area (Å²) in [4.78, 5) is 22.1. The first-order valence-electron chi connectivity index (χ1n) is 8.91. The van der Waals surface area contributed by atoms with Crippen molar-refractivity contribution >= 4 is 49.3 Å². The molecule has 0 saturated carbocycles. The molecule has 1 saturated heterocycles. The Morgan fingerprint density at radius 3 is 2.66 bits per heavy atom. The van der Waals surface area contributed by atoms with Crippen molar-refractivity contribution < 1.29 is 18.7 Å². The molecule has 9 heteroatoms. The average Bonchev–Trinajstić information content (AvgIpc) is 3.05. The topological polar surface area (TPSA) is 66.3 Å². The zero-order valence-electron chi connectivity index (χ0n) is 15.4. The number of rotatable bonds is 3. The van der Waals surface area contributed by atoms with Crippen LogP contribution in [0.3, 0.4) is 0 Å². The van der Waals surface area contributed by atoms with E-state index in [-0.39, 0.29) is 15.9 Å². The molecular weight excluding hydrogens is 464 g/mol. The Kier molecular flexibility index (Phi) is 5.35. The molecule has 0 bridgehead atoms. The predicted octanol–water partition coefficient (Wildman–Crippen LogP) is 5.32. The Morgan fingerprint density at radius 2 is 1.97 bits per heavy atom. The lowest BCUT2D eigenvalue weighted by atomic mass is 10.0. The third-order valence-corrected chi connectivity index (χ3v) is 6.55. The summed E-state index contributed by atoms with van der Waals surface area (Å²) in [6, 6.07) is 2.16. The molecule has 2 aromatic heterocycles. The van der Waals surface area contributed by atoms with Gasteiger partial charge in [0.05, 0.1) is 20.3 Å². The molecule has 0 aliphatic carbocycles. The average molecular weight is 480 g/mol. The van der Waals surface area contributed by atoms with Gasteiger partial charge in [-0.15, -0.1) is 11.3 Å². The second kappa shape index (κ2) is 7.79. The molecule has 150 valence electrons. The molecule has 0 unspecified atom stereocenters. The van der Waals surface area contributed by atoms with E-state index in [2.05, 4.69) is 30.8 Å². The van der Waals surface area contributed by atoms with Crippen LogP contribution in [-0.2, 0) is 4.79 Å². The smallest absolute Gasteiger partial charge is 0.328 e. The second-order valence-electron chi connectivity index (χ2n) is 6.84. The standard InChI is InChI=1S/C20H16BrF2N3O2S/c1-10-9-29-18-17(10)24-19(12-7-15(23)13(21)8-14(12)22)25-20(18)26-4-2-11(3-5-26)6-16(27)28/h6-9H,2-5H2,1H3,(H,27,28). The zero-order chi connectivity index (χ0) is 20.7. The van der Waals surface area contributed by atoms with Crippen LogP contribution in [-0.4, -0.2) is 34.1 Å². The number of piperidine rings is 1. The van der Waals surface area contributed by atoms with E-state index < -0.39 is 17.6 Å². The van der Waals surface area contributed by atoms with Crippen molar-refractivity contribution in [2.45, 2.75) is 19.8 Å². The number of thiophene rings is 1. The number of aliphatic carboxylic acids is 1. The number of aromatic nitrogens is 2. The highest BCUT2D eigenvalue weighted by molar-refractivity contribution is 9.10. The molecule has 0 atom stereocenters.